The van der Waals surface area contributed by atoms with Crippen molar-refractivity contribution in [2.45, 2.75) is 43.2 Å². The molecule has 1 N–H and O–H groups in total. The monoisotopic (exact) mass is 333 g/mol. The van der Waals surface area contributed by atoms with Crippen LogP contribution in [-0.2, 0) is 0 Å². The smallest absolute Gasteiger partial charge is 0.292 e. The first-order chi connectivity index (χ1) is 10.3. The molecule has 1 spiro atoms. The summed E-state index contributed by atoms with van der Waals surface area (Å²) >= 11 is 5.73. The number of aliphatic hydroxyl groups is 1. The number of carbonyl (C=O) groups is 1. The summed E-state index contributed by atoms with van der Waals surface area (Å²) in [5, 5.41) is 10.1. The number of hydrogen-bond acceptors (Lipinski definition) is 2. The first-order valence-electron chi connectivity index (χ1n) is 7.10. The van der Waals surface area contributed by atoms with Gasteiger partial charge >= 0.3 is 0 Å². The molecule has 0 aromatic heterocycles. The van der Waals surface area contributed by atoms with Crippen LogP contribution in [0.2, 0.25) is 5.02 Å². The Bertz CT molecular complexity index is 597. The molecule has 1 amide bonds. The van der Waals surface area contributed by atoms with Crippen molar-refractivity contribution in [2.75, 3.05) is 6.54 Å². The highest BCUT2D eigenvalue weighted by Gasteiger charge is 2.64. The van der Waals surface area contributed by atoms with Gasteiger partial charge in [-0.25, -0.2) is 13.2 Å². The highest BCUT2D eigenvalue weighted by atomic mass is 35.5. The summed E-state index contributed by atoms with van der Waals surface area (Å²) in [5.41, 5.74) is -1.35. The number of nitrogens with zero attached hydrogens (tertiary/aromatic N) is 1. The van der Waals surface area contributed by atoms with E-state index in [1.165, 1.54) is 6.07 Å². The molecule has 22 heavy (non-hydrogen) atoms. The first kappa shape index (κ1) is 15.6. The molecule has 2 aliphatic rings. The SMILES string of the molecule is O=C(c1cc(F)cc(Cl)c1)N1CC(F)(F)C(O)C12CCCC2. The van der Waals surface area contributed by atoms with E-state index in [1.807, 2.05) is 0 Å². The minimum Gasteiger partial charge on any atom is -0.384 e. The highest BCUT2D eigenvalue weighted by Crippen LogP contribution is 2.49. The Balaban J connectivity index is 2.00. The summed E-state index contributed by atoms with van der Waals surface area (Å²) < 4.78 is 41.4. The van der Waals surface area contributed by atoms with E-state index in [4.69, 9.17) is 11.6 Å². The maximum atomic E-state index is 14.0. The number of halogens is 4. The molecule has 1 aromatic rings. The van der Waals surface area contributed by atoms with Gasteiger partial charge < -0.3 is 10.0 Å². The van der Waals surface area contributed by atoms with Crippen LogP contribution in [0, 0.1) is 5.82 Å². The van der Waals surface area contributed by atoms with Crippen LogP contribution in [0.4, 0.5) is 13.2 Å². The standard InChI is InChI=1S/C15H15ClF3NO2/c16-10-5-9(6-11(17)7-10)12(21)20-8-15(18,19)13(22)14(20)3-1-2-4-14/h5-7,13,22H,1-4,8H2. The van der Waals surface area contributed by atoms with Gasteiger partial charge in [-0.2, -0.15) is 0 Å². The largest absolute Gasteiger partial charge is 0.384 e. The van der Waals surface area contributed by atoms with Crippen LogP contribution >= 0.6 is 11.6 Å². The summed E-state index contributed by atoms with van der Waals surface area (Å²) in [6, 6.07) is 3.26. The van der Waals surface area contributed by atoms with Crippen molar-refractivity contribution in [3.05, 3.63) is 34.6 Å². The van der Waals surface area contributed by atoms with Crippen LogP contribution in [-0.4, -0.2) is 40.0 Å². The van der Waals surface area contributed by atoms with E-state index in [2.05, 4.69) is 0 Å². The lowest BCUT2D eigenvalue weighted by molar-refractivity contribution is -0.0959. The quantitative estimate of drug-likeness (QED) is 0.857. The summed E-state index contributed by atoms with van der Waals surface area (Å²) in [6.07, 6.45) is 0.0779. The van der Waals surface area contributed by atoms with Gasteiger partial charge in [-0.3, -0.25) is 4.79 Å². The molecule has 1 saturated carbocycles. The predicted molar refractivity (Wildman–Crippen MR) is 74.6 cm³/mol. The van der Waals surface area contributed by atoms with Crippen LogP contribution in [0.1, 0.15) is 36.0 Å². The third-order valence-corrected chi connectivity index (χ3v) is 4.86. The van der Waals surface area contributed by atoms with Gasteiger partial charge in [0.2, 0.25) is 0 Å². The van der Waals surface area contributed by atoms with Gasteiger partial charge in [-0.15, -0.1) is 0 Å². The van der Waals surface area contributed by atoms with Gasteiger partial charge in [0.25, 0.3) is 11.8 Å². The molecule has 0 bridgehead atoms. The number of hydrogen-bond donors (Lipinski definition) is 1. The number of amides is 1. The number of rotatable bonds is 1. The molecule has 1 unspecified atom stereocenters. The molecule has 3 nitrogen and oxygen atoms in total. The molecule has 1 aliphatic carbocycles. The van der Waals surface area contributed by atoms with Gasteiger partial charge in [-0.05, 0) is 31.0 Å². The second-order valence-electron chi connectivity index (χ2n) is 6.02. The second-order valence-corrected chi connectivity index (χ2v) is 6.46. The number of carbonyl (C=O) groups excluding carboxylic acids is 1. The summed E-state index contributed by atoms with van der Waals surface area (Å²) in [5.74, 6) is -4.79. The zero-order valence-corrected chi connectivity index (χ0v) is 12.4. The van der Waals surface area contributed by atoms with Crippen molar-refractivity contribution in [3.63, 3.8) is 0 Å². The lowest BCUT2D eigenvalue weighted by Gasteiger charge is -2.36. The Hall–Kier alpha value is -1.27. The molecule has 2 fully saturated rings. The van der Waals surface area contributed by atoms with Crippen molar-refractivity contribution in [1.29, 1.82) is 0 Å². The first-order valence-corrected chi connectivity index (χ1v) is 7.48. The Morgan fingerprint density at radius 2 is 1.91 bits per heavy atom. The zero-order valence-electron chi connectivity index (χ0n) is 11.7. The highest BCUT2D eigenvalue weighted by molar-refractivity contribution is 6.31. The van der Waals surface area contributed by atoms with E-state index in [9.17, 15) is 23.1 Å². The molecule has 1 heterocycles. The molecule has 1 atom stereocenters. The lowest BCUT2D eigenvalue weighted by Crippen LogP contribution is -2.51. The third-order valence-electron chi connectivity index (χ3n) is 4.64. The average molecular weight is 334 g/mol. The van der Waals surface area contributed by atoms with E-state index >= 15 is 0 Å². The summed E-state index contributed by atoms with van der Waals surface area (Å²) in [4.78, 5) is 13.6. The van der Waals surface area contributed by atoms with Gasteiger partial charge in [0.05, 0.1) is 12.1 Å². The van der Waals surface area contributed by atoms with Crippen molar-refractivity contribution in [1.82, 2.24) is 4.90 Å². The van der Waals surface area contributed by atoms with Crippen LogP contribution < -0.4 is 0 Å². The van der Waals surface area contributed by atoms with Crippen molar-refractivity contribution in [3.8, 4) is 0 Å². The fraction of sp³-hybridized carbons (Fsp3) is 0.533. The minimum atomic E-state index is -3.36. The van der Waals surface area contributed by atoms with E-state index in [-0.39, 0.29) is 10.6 Å². The van der Waals surface area contributed by atoms with Crippen LogP contribution in [0.25, 0.3) is 0 Å². The van der Waals surface area contributed by atoms with E-state index in [0.29, 0.717) is 25.7 Å². The van der Waals surface area contributed by atoms with Crippen LogP contribution in [0.3, 0.4) is 0 Å². The van der Waals surface area contributed by atoms with Gasteiger partial charge in [0.1, 0.15) is 11.9 Å². The molecule has 1 aromatic carbocycles. The minimum absolute atomic E-state index is 0.0235. The Kier molecular flexibility index (Phi) is 3.64. The van der Waals surface area contributed by atoms with E-state index < -0.39 is 35.8 Å². The molecule has 7 heteroatoms. The maximum Gasteiger partial charge on any atom is 0.292 e. The normalized spacial score (nSPS) is 25.9. The fourth-order valence-electron chi connectivity index (χ4n) is 3.63. The maximum absolute atomic E-state index is 14.0. The van der Waals surface area contributed by atoms with Crippen LogP contribution in [0.15, 0.2) is 18.2 Å². The molecular formula is C15H15ClF3NO2. The topological polar surface area (TPSA) is 40.5 Å². The summed E-state index contributed by atoms with van der Waals surface area (Å²) in [6.45, 7) is -0.860. The molecule has 1 saturated heterocycles. The Morgan fingerprint density at radius 3 is 2.50 bits per heavy atom. The average Bonchev–Trinajstić information content (AvgIpc) is 2.98. The molecule has 0 radical (unpaired) electrons. The second kappa shape index (κ2) is 5.13. The Labute approximate surface area is 130 Å². The number of benzene rings is 1. The number of aliphatic hydroxyl groups excluding tert-OH is 1. The van der Waals surface area contributed by atoms with E-state index in [1.54, 1.807) is 0 Å². The van der Waals surface area contributed by atoms with Crippen molar-refractivity contribution >= 4 is 17.5 Å². The zero-order chi connectivity index (χ0) is 16.1. The molecule has 1 aliphatic heterocycles. The van der Waals surface area contributed by atoms with E-state index in [0.717, 1.165) is 17.0 Å². The third kappa shape index (κ3) is 2.29. The molecule has 3 rings (SSSR count). The van der Waals surface area contributed by atoms with Crippen molar-refractivity contribution in [2.24, 2.45) is 0 Å². The Morgan fingerprint density at radius 1 is 1.27 bits per heavy atom. The van der Waals surface area contributed by atoms with Gasteiger partial charge in [-0.1, -0.05) is 24.4 Å². The van der Waals surface area contributed by atoms with Crippen LogP contribution in [0.5, 0.6) is 0 Å². The van der Waals surface area contributed by atoms with Crippen molar-refractivity contribution < 1.29 is 23.1 Å². The lowest BCUT2D eigenvalue weighted by atomic mass is 9.89. The predicted octanol–water partition coefficient (Wildman–Crippen LogP) is 3.24. The molecular weight excluding hydrogens is 319 g/mol. The van der Waals surface area contributed by atoms with Gasteiger partial charge in [0.15, 0.2) is 0 Å². The number of alkyl halides is 2. The fourth-order valence-corrected chi connectivity index (χ4v) is 3.85. The number of likely N-dealkylation sites (tertiary alicyclic amines) is 1. The molecule has 120 valence electrons. The summed E-state index contributed by atoms with van der Waals surface area (Å²) in [7, 11) is 0. The van der Waals surface area contributed by atoms with Gasteiger partial charge in [0, 0.05) is 10.6 Å².